The molecule has 3 nitrogen and oxygen atoms in total. The molecule has 3 aromatic rings. The van der Waals surface area contributed by atoms with Crippen LogP contribution in [0.3, 0.4) is 0 Å². The van der Waals surface area contributed by atoms with Crippen molar-refractivity contribution in [3.63, 3.8) is 0 Å². The molecule has 0 radical (unpaired) electrons. The largest absolute Gasteiger partial charge is 0.496 e. The zero-order valence-corrected chi connectivity index (χ0v) is 14.6. The summed E-state index contributed by atoms with van der Waals surface area (Å²) in [7, 11) is 1.53. The van der Waals surface area contributed by atoms with Crippen LogP contribution in [0.4, 0.5) is 5.69 Å². The molecule has 0 aliphatic rings. The second kappa shape index (κ2) is 7.86. The average molecular weight is 352 g/mol. The van der Waals surface area contributed by atoms with Crippen molar-refractivity contribution >= 4 is 23.2 Å². The molecule has 0 bridgehead atoms. The molecule has 1 amide bonds. The number of hydrogen-bond acceptors (Lipinski definition) is 2. The number of benzene rings is 3. The van der Waals surface area contributed by atoms with Gasteiger partial charge in [0.1, 0.15) is 5.75 Å². The van der Waals surface area contributed by atoms with E-state index in [-0.39, 0.29) is 5.91 Å². The molecule has 0 atom stereocenters. The van der Waals surface area contributed by atoms with Crippen molar-refractivity contribution in [3.8, 4) is 5.75 Å². The zero-order valence-electron chi connectivity index (χ0n) is 13.8. The van der Waals surface area contributed by atoms with Crippen molar-refractivity contribution in [3.05, 3.63) is 94.5 Å². The standard InChI is InChI=1S/C21H18ClNO2/c1-25-20-12-9-17(22)14-19(20)21(24)23-18-10-7-16(8-11-18)13-15-5-3-2-4-6-15/h2-12,14H,13H2,1H3,(H,23,24). The van der Waals surface area contributed by atoms with Gasteiger partial charge in [-0.15, -0.1) is 0 Å². The van der Waals surface area contributed by atoms with E-state index in [4.69, 9.17) is 16.3 Å². The number of hydrogen-bond donors (Lipinski definition) is 1. The predicted molar refractivity (Wildman–Crippen MR) is 102 cm³/mol. The van der Waals surface area contributed by atoms with Gasteiger partial charge in [-0.25, -0.2) is 0 Å². The Morgan fingerprint density at radius 2 is 1.64 bits per heavy atom. The Morgan fingerprint density at radius 3 is 2.32 bits per heavy atom. The summed E-state index contributed by atoms with van der Waals surface area (Å²) in [6.45, 7) is 0. The number of carbonyl (C=O) groups excluding carboxylic acids is 1. The van der Waals surface area contributed by atoms with Crippen molar-refractivity contribution in [2.45, 2.75) is 6.42 Å². The second-order valence-electron chi connectivity index (χ2n) is 5.66. The maximum Gasteiger partial charge on any atom is 0.259 e. The summed E-state index contributed by atoms with van der Waals surface area (Å²) in [4.78, 5) is 12.5. The SMILES string of the molecule is COc1ccc(Cl)cc1C(=O)Nc1ccc(Cc2ccccc2)cc1. The van der Waals surface area contributed by atoms with Crippen molar-refractivity contribution < 1.29 is 9.53 Å². The highest BCUT2D eigenvalue weighted by Crippen LogP contribution is 2.24. The lowest BCUT2D eigenvalue weighted by Gasteiger charge is -2.10. The third-order valence-corrected chi connectivity index (χ3v) is 4.10. The fourth-order valence-electron chi connectivity index (χ4n) is 2.59. The van der Waals surface area contributed by atoms with Crippen LogP contribution in [0.15, 0.2) is 72.8 Å². The monoisotopic (exact) mass is 351 g/mol. The summed E-state index contributed by atoms with van der Waals surface area (Å²) >= 11 is 5.98. The smallest absolute Gasteiger partial charge is 0.259 e. The summed E-state index contributed by atoms with van der Waals surface area (Å²) < 4.78 is 5.23. The van der Waals surface area contributed by atoms with Crippen LogP contribution in [-0.4, -0.2) is 13.0 Å². The van der Waals surface area contributed by atoms with E-state index in [1.54, 1.807) is 18.2 Å². The normalized spacial score (nSPS) is 10.3. The molecule has 4 heteroatoms. The molecule has 0 aliphatic carbocycles. The molecule has 0 saturated carbocycles. The Morgan fingerprint density at radius 1 is 0.960 bits per heavy atom. The number of halogens is 1. The molecule has 1 N–H and O–H groups in total. The van der Waals surface area contributed by atoms with Gasteiger partial charge >= 0.3 is 0 Å². The lowest BCUT2D eigenvalue weighted by atomic mass is 10.0. The van der Waals surface area contributed by atoms with Gasteiger partial charge in [0.2, 0.25) is 0 Å². The second-order valence-corrected chi connectivity index (χ2v) is 6.09. The minimum Gasteiger partial charge on any atom is -0.496 e. The highest BCUT2D eigenvalue weighted by atomic mass is 35.5. The Bertz CT molecular complexity index is 861. The summed E-state index contributed by atoms with van der Waals surface area (Å²) in [5, 5.41) is 3.36. The molecule has 0 aliphatic heterocycles. The Hall–Kier alpha value is -2.78. The van der Waals surface area contributed by atoms with Crippen LogP contribution in [0.2, 0.25) is 5.02 Å². The highest BCUT2D eigenvalue weighted by Gasteiger charge is 2.13. The number of amides is 1. The lowest BCUT2D eigenvalue weighted by molar-refractivity contribution is 0.102. The van der Waals surface area contributed by atoms with Crippen LogP contribution >= 0.6 is 11.6 Å². The predicted octanol–water partition coefficient (Wildman–Crippen LogP) is 5.19. The molecule has 0 spiro atoms. The fourth-order valence-corrected chi connectivity index (χ4v) is 2.77. The van der Waals surface area contributed by atoms with E-state index in [0.29, 0.717) is 16.3 Å². The molecule has 0 heterocycles. The first-order valence-electron chi connectivity index (χ1n) is 7.93. The first-order chi connectivity index (χ1) is 12.2. The number of carbonyl (C=O) groups is 1. The lowest BCUT2D eigenvalue weighted by Crippen LogP contribution is -2.13. The fraction of sp³-hybridized carbons (Fsp3) is 0.0952. The van der Waals surface area contributed by atoms with Crippen LogP contribution in [-0.2, 0) is 6.42 Å². The third kappa shape index (κ3) is 4.40. The number of methoxy groups -OCH3 is 1. The third-order valence-electron chi connectivity index (χ3n) is 3.87. The Labute approximate surface area is 152 Å². The van der Waals surface area contributed by atoms with Gasteiger partial charge < -0.3 is 10.1 Å². The van der Waals surface area contributed by atoms with Gasteiger partial charge in [-0.3, -0.25) is 4.79 Å². The van der Waals surface area contributed by atoms with Crippen LogP contribution in [0, 0.1) is 0 Å². The zero-order chi connectivity index (χ0) is 17.6. The Kier molecular flexibility index (Phi) is 5.36. The minimum absolute atomic E-state index is 0.254. The average Bonchev–Trinajstić information content (AvgIpc) is 2.64. The maximum absolute atomic E-state index is 12.5. The van der Waals surface area contributed by atoms with Crippen LogP contribution in [0.25, 0.3) is 0 Å². The first kappa shape index (κ1) is 17.1. The van der Waals surface area contributed by atoms with Crippen molar-refractivity contribution in [1.29, 1.82) is 0 Å². The van der Waals surface area contributed by atoms with E-state index in [9.17, 15) is 4.79 Å². The van der Waals surface area contributed by atoms with E-state index in [0.717, 1.165) is 12.1 Å². The summed E-state index contributed by atoms with van der Waals surface area (Å²) in [6.07, 6.45) is 0.858. The van der Waals surface area contributed by atoms with E-state index in [1.807, 2.05) is 42.5 Å². The highest BCUT2D eigenvalue weighted by molar-refractivity contribution is 6.31. The first-order valence-corrected chi connectivity index (χ1v) is 8.31. The van der Waals surface area contributed by atoms with Crippen LogP contribution < -0.4 is 10.1 Å². The minimum atomic E-state index is -0.254. The van der Waals surface area contributed by atoms with E-state index in [2.05, 4.69) is 17.4 Å². The number of anilines is 1. The maximum atomic E-state index is 12.5. The molecular formula is C21H18ClNO2. The molecule has 126 valence electrons. The molecule has 25 heavy (non-hydrogen) atoms. The van der Waals surface area contributed by atoms with E-state index < -0.39 is 0 Å². The molecule has 0 aromatic heterocycles. The molecule has 3 aromatic carbocycles. The van der Waals surface area contributed by atoms with Crippen molar-refractivity contribution in [2.75, 3.05) is 12.4 Å². The van der Waals surface area contributed by atoms with Crippen molar-refractivity contribution in [2.24, 2.45) is 0 Å². The summed E-state index contributed by atoms with van der Waals surface area (Å²) in [6, 6.07) is 23.0. The van der Waals surface area contributed by atoms with Gasteiger partial charge in [0, 0.05) is 10.7 Å². The molecule has 0 fully saturated rings. The molecule has 0 unspecified atom stereocenters. The van der Waals surface area contributed by atoms with Gasteiger partial charge in [0.15, 0.2) is 0 Å². The van der Waals surface area contributed by atoms with Gasteiger partial charge in [-0.05, 0) is 47.9 Å². The summed E-state index contributed by atoms with van der Waals surface area (Å²) in [5.41, 5.74) is 3.57. The quantitative estimate of drug-likeness (QED) is 0.686. The number of nitrogens with one attached hydrogen (secondary N) is 1. The van der Waals surface area contributed by atoms with Crippen LogP contribution in [0.5, 0.6) is 5.75 Å². The van der Waals surface area contributed by atoms with Gasteiger partial charge in [0.05, 0.1) is 12.7 Å². The van der Waals surface area contributed by atoms with Crippen LogP contribution in [0.1, 0.15) is 21.5 Å². The van der Waals surface area contributed by atoms with Gasteiger partial charge in [-0.1, -0.05) is 54.1 Å². The van der Waals surface area contributed by atoms with E-state index in [1.165, 1.54) is 18.2 Å². The molecule has 0 saturated heterocycles. The van der Waals surface area contributed by atoms with Gasteiger partial charge in [0.25, 0.3) is 5.91 Å². The number of ether oxygens (including phenoxy) is 1. The van der Waals surface area contributed by atoms with E-state index >= 15 is 0 Å². The Balaban J connectivity index is 1.71. The molecular weight excluding hydrogens is 334 g/mol. The van der Waals surface area contributed by atoms with Crippen molar-refractivity contribution in [1.82, 2.24) is 0 Å². The number of rotatable bonds is 5. The topological polar surface area (TPSA) is 38.3 Å². The van der Waals surface area contributed by atoms with Gasteiger partial charge in [-0.2, -0.15) is 0 Å². The summed E-state index contributed by atoms with van der Waals surface area (Å²) in [5.74, 6) is 0.234. The molecule has 3 rings (SSSR count).